The molecular formula is C8H15. The first-order chi connectivity index (χ1) is 3.56. The Balaban J connectivity index is 3.39. The van der Waals surface area contributed by atoms with Crippen LogP contribution < -0.4 is 0 Å². The highest BCUT2D eigenvalue weighted by molar-refractivity contribution is 4.99. The third-order valence-electron chi connectivity index (χ3n) is 0.789. The summed E-state index contributed by atoms with van der Waals surface area (Å²) in [7, 11) is 0. The zero-order valence-electron chi connectivity index (χ0n) is 6.23. The van der Waals surface area contributed by atoms with E-state index in [1.165, 1.54) is 0 Å². The second-order valence-corrected chi connectivity index (χ2v) is 3.06. The van der Waals surface area contributed by atoms with Crippen molar-refractivity contribution in [3.63, 3.8) is 0 Å². The second kappa shape index (κ2) is 2.91. The van der Waals surface area contributed by atoms with Crippen LogP contribution in [-0.2, 0) is 0 Å². The van der Waals surface area contributed by atoms with Crippen LogP contribution in [0.15, 0.2) is 12.2 Å². The molecule has 0 heterocycles. The van der Waals surface area contributed by atoms with Crippen LogP contribution in [-0.4, -0.2) is 0 Å². The van der Waals surface area contributed by atoms with Gasteiger partial charge in [0, 0.05) is 0 Å². The average Bonchev–Trinajstić information content (AvgIpc) is 1.59. The van der Waals surface area contributed by atoms with Crippen LogP contribution in [0.3, 0.4) is 0 Å². The molecule has 1 radical (unpaired) electrons. The summed E-state index contributed by atoms with van der Waals surface area (Å²) < 4.78 is 0. The molecule has 0 saturated heterocycles. The molecule has 0 rings (SSSR count). The fraction of sp³-hybridized carbons (Fsp3) is 0.625. The summed E-state index contributed by atoms with van der Waals surface area (Å²) in [6, 6.07) is 0. The largest absolute Gasteiger partial charge is 0.0913 e. The highest BCUT2D eigenvalue weighted by Gasteiger charge is 2.05. The van der Waals surface area contributed by atoms with Gasteiger partial charge in [0.25, 0.3) is 0 Å². The van der Waals surface area contributed by atoms with Gasteiger partial charge in [-0.1, -0.05) is 32.9 Å². The number of hydrogen-bond acceptors (Lipinski definition) is 0. The lowest BCUT2D eigenvalue weighted by molar-refractivity contribution is 0.510. The predicted octanol–water partition coefficient (Wildman–Crippen LogP) is 2.81. The highest BCUT2D eigenvalue weighted by atomic mass is 14.1. The van der Waals surface area contributed by atoms with Crippen molar-refractivity contribution in [3.05, 3.63) is 18.6 Å². The Hall–Kier alpha value is -0.260. The van der Waals surface area contributed by atoms with Gasteiger partial charge in [-0.05, 0) is 18.8 Å². The molecule has 0 N–H and O–H groups in total. The van der Waals surface area contributed by atoms with Crippen molar-refractivity contribution in [1.82, 2.24) is 0 Å². The molecule has 0 saturated carbocycles. The van der Waals surface area contributed by atoms with E-state index in [0.29, 0.717) is 5.41 Å². The van der Waals surface area contributed by atoms with E-state index < -0.39 is 0 Å². The predicted molar refractivity (Wildman–Crippen MR) is 38.6 cm³/mol. The zero-order valence-corrected chi connectivity index (χ0v) is 6.23. The van der Waals surface area contributed by atoms with E-state index >= 15 is 0 Å². The van der Waals surface area contributed by atoms with Crippen LogP contribution in [0, 0.1) is 11.8 Å². The summed E-state index contributed by atoms with van der Waals surface area (Å²) in [6.07, 6.45) is 6.32. The summed E-state index contributed by atoms with van der Waals surface area (Å²) in [4.78, 5) is 0. The third kappa shape index (κ3) is 5.74. The smallest absolute Gasteiger partial charge is 0.0117 e. The molecule has 0 atom stereocenters. The van der Waals surface area contributed by atoms with Gasteiger partial charge in [0.15, 0.2) is 0 Å². The minimum atomic E-state index is 0.340. The van der Waals surface area contributed by atoms with Crippen molar-refractivity contribution in [2.75, 3.05) is 0 Å². The number of rotatable bonds is 1. The van der Waals surface area contributed by atoms with Crippen LogP contribution in [0.4, 0.5) is 0 Å². The standard InChI is InChI=1S/C8H15/c1-5-6-7-8(2,3)4/h5-7H,1-4H3/b6-5+. The Bertz CT molecular complexity index is 72.5. The van der Waals surface area contributed by atoms with Crippen LogP contribution in [0.2, 0.25) is 0 Å². The average molecular weight is 111 g/mol. The first kappa shape index (κ1) is 7.74. The summed E-state index contributed by atoms with van der Waals surface area (Å²) >= 11 is 0. The van der Waals surface area contributed by atoms with E-state index in [2.05, 4.69) is 33.3 Å². The van der Waals surface area contributed by atoms with Crippen molar-refractivity contribution < 1.29 is 0 Å². The Morgan fingerprint density at radius 1 is 1.12 bits per heavy atom. The normalized spacial score (nSPS) is 13.0. The Kier molecular flexibility index (Phi) is 2.81. The molecule has 47 valence electrons. The van der Waals surface area contributed by atoms with Crippen LogP contribution in [0.1, 0.15) is 27.7 Å². The second-order valence-electron chi connectivity index (χ2n) is 3.06. The molecule has 8 heavy (non-hydrogen) atoms. The first-order valence-electron chi connectivity index (χ1n) is 3.03. The summed E-state index contributed by atoms with van der Waals surface area (Å²) in [5.74, 6) is 0. The molecule has 0 aliphatic heterocycles. The summed E-state index contributed by atoms with van der Waals surface area (Å²) in [6.45, 7) is 8.59. The lowest BCUT2D eigenvalue weighted by Crippen LogP contribution is -2.02. The quantitative estimate of drug-likeness (QED) is 0.488. The van der Waals surface area contributed by atoms with E-state index in [1.807, 2.05) is 13.0 Å². The minimum Gasteiger partial charge on any atom is -0.0913 e. The lowest BCUT2D eigenvalue weighted by atomic mass is 9.92. The minimum absolute atomic E-state index is 0.340. The molecule has 0 aromatic rings. The van der Waals surface area contributed by atoms with Gasteiger partial charge in [-0.2, -0.15) is 0 Å². The molecule has 0 amide bonds. The Labute approximate surface area is 52.6 Å². The summed E-state index contributed by atoms with van der Waals surface area (Å²) in [5.41, 5.74) is 0.340. The number of allylic oxidation sites excluding steroid dienone is 2. The molecule has 0 unspecified atom stereocenters. The van der Waals surface area contributed by atoms with E-state index in [9.17, 15) is 0 Å². The lowest BCUT2D eigenvalue weighted by Gasteiger charge is -2.13. The molecule has 0 aromatic heterocycles. The topological polar surface area (TPSA) is 0 Å². The van der Waals surface area contributed by atoms with E-state index in [0.717, 1.165) is 0 Å². The van der Waals surface area contributed by atoms with Gasteiger partial charge in [0.1, 0.15) is 0 Å². The van der Waals surface area contributed by atoms with Gasteiger partial charge in [-0.15, -0.1) is 0 Å². The molecule has 0 heteroatoms. The molecule has 0 bridgehead atoms. The van der Waals surface area contributed by atoms with Crippen LogP contribution >= 0.6 is 0 Å². The maximum Gasteiger partial charge on any atom is -0.0117 e. The van der Waals surface area contributed by atoms with E-state index in [4.69, 9.17) is 0 Å². The molecule has 0 fully saturated rings. The zero-order chi connectivity index (χ0) is 6.62. The Morgan fingerprint density at radius 2 is 1.62 bits per heavy atom. The molecule has 0 aromatic carbocycles. The van der Waals surface area contributed by atoms with Crippen molar-refractivity contribution in [2.24, 2.45) is 5.41 Å². The van der Waals surface area contributed by atoms with Gasteiger partial charge in [-0.25, -0.2) is 0 Å². The monoisotopic (exact) mass is 111 g/mol. The van der Waals surface area contributed by atoms with Gasteiger partial charge in [0.05, 0.1) is 0 Å². The van der Waals surface area contributed by atoms with Gasteiger partial charge in [0.2, 0.25) is 0 Å². The maximum absolute atomic E-state index is 2.19. The van der Waals surface area contributed by atoms with Crippen LogP contribution in [0.25, 0.3) is 0 Å². The van der Waals surface area contributed by atoms with Crippen molar-refractivity contribution >= 4 is 0 Å². The van der Waals surface area contributed by atoms with Crippen molar-refractivity contribution in [3.8, 4) is 0 Å². The SMILES string of the molecule is C/C=C/[CH]C(C)(C)C. The fourth-order valence-corrected chi connectivity index (χ4v) is 0.385. The van der Waals surface area contributed by atoms with E-state index in [1.54, 1.807) is 0 Å². The molecule has 0 nitrogen and oxygen atoms in total. The molecular weight excluding hydrogens is 96.1 g/mol. The Morgan fingerprint density at radius 3 is 1.75 bits per heavy atom. The van der Waals surface area contributed by atoms with Crippen molar-refractivity contribution in [2.45, 2.75) is 27.7 Å². The highest BCUT2D eigenvalue weighted by Crippen LogP contribution is 2.16. The van der Waals surface area contributed by atoms with Gasteiger partial charge in [-0.3, -0.25) is 0 Å². The first-order valence-corrected chi connectivity index (χ1v) is 3.03. The van der Waals surface area contributed by atoms with Gasteiger partial charge >= 0.3 is 0 Å². The van der Waals surface area contributed by atoms with Crippen LogP contribution in [0.5, 0.6) is 0 Å². The van der Waals surface area contributed by atoms with Crippen molar-refractivity contribution in [1.29, 1.82) is 0 Å². The fourth-order valence-electron chi connectivity index (χ4n) is 0.385. The molecule has 0 aliphatic carbocycles. The van der Waals surface area contributed by atoms with Gasteiger partial charge < -0.3 is 0 Å². The molecule has 0 spiro atoms. The number of hydrogen-bond donors (Lipinski definition) is 0. The molecule has 0 aliphatic rings. The van der Waals surface area contributed by atoms with E-state index in [-0.39, 0.29) is 0 Å². The maximum atomic E-state index is 2.19. The third-order valence-corrected chi connectivity index (χ3v) is 0.789. The summed E-state index contributed by atoms with van der Waals surface area (Å²) in [5, 5.41) is 0.